The van der Waals surface area contributed by atoms with Crippen molar-refractivity contribution >= 4 is 35.4 Å². The van der Waals surface area contributed by atoms with Crippen LogP contribution in [0.5, 0.6) is 0 Å². The van der Waals surface area contributed by atoms with Gasteiger partial charge in [-0.25, -0.2) is 9.97 Å². The van der Waals surface area contributed by atoms with Crippen LogP contribution >= 0.6 is 15.9 Å². The molecule has 33 heavy (non-hydrogen) atoms. The Morgan fingerprint density at radius 3 is 2.70 bits per heavy atom. The zero-order chi connectivity index (χ0) is 24.2. The van der Waals surface area contributed by atoms with Crippen LogP contribution in [0.1, 0.15) is 60.7 Å². The number of aromatic nitrogens is 3. The number of carbonyl (C=O) groups is 1. The predicted molar refractivity (Wildman–Crippen MR) is 137 cm³/mol. The van der Waals surface area contributed by atoms with Crippen molar-refractivity contribution in [3.63, 3.8) is 0 Å². The number of allylic oxidation sites excluding steroid dienone is 2. The zero-order valence-electron chi connectivity index (χ0n) is 20.2. The van der Waals surface area contributed by atoms with Crippen LogP contribution in [0.3, 0.4) is 0 Å². The van der Waals surface area contributed by atoms with E-state index in [-0.39, 0.29) is 30.5 Å². The highest BCUT2D eigenvalue weighted by Gasteiger charge is 2.25. The van der Waals surface area contributed by atoms with E-state index in [0.29, 0.717) is 12.0 Å². The Kier molecular flexibility index (Phi) is 8.09. The first kappa shape index (κ1) is 25.5. The molecule has 3 rings (SSSR count). The minimum absolute atomic E-state index is 0.146. The first-order chi connectivity index (χ1) is 15.5. The fraction of sp³-hybridized carbons (Fsp3) is 0.520. The Bertz CT molecular complexity index is 1090. The van der Waals surface area contributed by atoms with Crippen molar-refractivity contribution in [2.45, 2.75) is 71.9 Å². The monoisotopic (exact) mass is 528 g/mol. The number of Topliss-reactive ketones (excluding diaryl/α,β-unsaturated/α-hetero) is 1. The number of hydrogen-bond donors (Lipinski definition) is 0. The molecule has 0 bridgehead atoms. The molecule has 0 spiro atoms. The Hall–Kier alpha value is -2.08. The van der Waals surface area contributed by atoms with E-state index < -0.39 is 8.07 Å². The Morgan fingerprint density at radius 2 is 2.06 bits per heavy atom. The summed E-state index contributed by atoms with van der Waals surface area (Å²) in [7, 11) is -1.21. The molecule has 8 heteroatoms. The van der Waals surface area contributed by atoms with Gasteiger partial charge in [-0.1, -0.05) is 45.6 Å². The van der Waals surface area contributed by atoms with E-state index in [1.54, 1.807) is 10.8 Å². The van der Waals surface area contributed by atoms with Crippen molar-refractivity contribution in [2.24, 2.45) is 5.41 Å². The summed E-state index contributed by atoms with van der Waals surface area (Å²) in [5.74, 6) is 0.111. The minimum atomic E-state index is -1.21. The predicted octanol–water partition coefficient (Wildman–Crippen LogP) is 6.24. The van der Waals surface area contributed by atoms with E-state index in [9.17, 15) is 10.1 Å². The molecule has 0 aliphatic heterocycles. The standard InChI is InChI=1S/C25H33BrN4O2Si/c1-25(2)10-8-18(9-11-25)23-19(6-7-22(26)29-23)14-21(31)24-28-20(15-27)16-30(24)17-32-12-13-33(3,4)5/h6-8,16H,9-14,17H2,1-5H3. The molecule has 0 radical (unpaired) electrons. The molecule has 0 fully saturated rings. The summed E-state index contributed by atoms with van der Waals surface area (Å²) in [5, 5.41) is 9.32. The lowest BCUT2D eigenvalue weighted by atomic mass is 9.77. The van der Waals surface area contributed by atoms with Gasteiger partial charge < -0.3 is 9.30 Å². The van der Waals surface area contributed by atoms with Crippen LogP contribution in [0.4, 0.5) is 0 Å². The molecular formula is C25H33BrN4O2Si. The number of nitriles is 1. The maximum Gasteiger partial charge on any atom is 0.202 e. The molecule has 6 nitrogen and oxygen atoms in total. The topological polar surface area (TPSA) is 80.8 Å². The van der Waals surface area contributed by atoms with Gasteiger partial charge in [0.05, 0.1) is 5.69 Å². The van der Waals surface area contributed by atoms with Crippen molar-refractivity contribution in [1.82, 2.24) is 14.5 Å². The molecule has 1 aliphatic rings. The van der Waals surface area contributed by atoms with Crippen LogP contribution in [0, 0.1) is 16.7 Å². The number of halogens is 1. The molecular weight excluding hydrogens is 496 g/mol. The minimum Gasteiger partial charge on any atom is -0.361 e. The third kappa shape index (κ3) is 7.20. The molecule has 0 saturated carbocycles. The number of hydrogen-bond acceptors (Lipinski definition) is 5. The summed E-state index contributed by atoms with van der Waals surface area (Å²) in [6.45, 7) is 12.3. The molecule has 2 aromatic heterocycles. The first-order valence-corrected chi connectivity index (χ1v) is 15.9. The molecule has 2 heterocycles. The van der Waals surface area contributed by atoms with Gasteiger partial charge in [0.15, 0.2) is 11.5 Å². The lowest BCUT2D eigenvalue weighted by Crippen LogP contribution is -2.22. The highest BCUT2D eigenvalue weighted by molar-refractivity contribution is 9.10. The Morgan fingerprint density at radius 1 is 1.30 bits per heavy atom. The van der Waals surface area contributed by atoms with E-state index in [4.69, 9.17) is 9.72 Å². The van der Waals surface area contributed by atoms with Gasteiger partial charge in [0.25, 0.3) is 0 Å². The molecule has 1 aliphatic carbocycles. The van der Waals surface area contributed by atoms with Gasteiger partial charge in [0.1, 0.15) is 17.4 Å². The maximum absolute atomic E-state index is 13.3. The van der Waals surface area contributed by atoms with Gasteiger partial charge in [0, 0.05) is 27.3 Å². The van der Waals surface area contributed by atoms with Crippen molar-refractivity contribution in [3.05, 3.63) is 51.8 Å². The summed E-state index contributed by atoms with van der Waals surface area (Å²) in [6.07, 6.45) is 7.05. The number of nitrogens with zero attached hydrogens (tertiary/aromatic N) is 4. The van der Waals surface area contributed by atoms with E-state index in [0.717, 1.165) is 41.2 Å². The number of imidazole rings is 1. The maximum atomic E-state index is 13.3. The summed E-state index contributed by atoms with van der Waals surface area (Å²) >= 11 is 3.48. The average molecular weight is 530 g/mol. The second-order valence-electron chi connectivity index (χ2n) is 10.7. The summed E-state index contributed by atoms with van der Waals surface area (Å²) in [6, 6.07) is 6.90. The number of ether oxygens (including phenoxy) is 1. The molecule has 0 N–H and O–H groups in total. The zero-order valence-corrected chi connectivity index (χ0v) is 22.8. The Balaban J connectivity index is 1.80. The van der Waals surface area contributed by atoms with Gasteiger partial charge in [-0.15, -0.1) is 0 Å². The fourth-order valence-corrected chi connectivity index (χ4v) is 4.83. The molecule has 0 aromatic carbocycles. The number of carbonyl (C=O) groups excluding carboxylic acids is 1. The van der Waals surface area contributed by atoms with E-state index in [1.165, 1.54) is 5.57 Å². The SMILES string of the molecule is CC1(C)CC=C(c2nc(Br)ccc2CC(=O)c2nc(C#N)cn2COCC[Si](C)(C)C)CC1. The molecule has 0 unspecified atom stereocenters. The summed E-state index contributed by atoms with van der Waals surface area (Å²) in [4.78, 5) is 22.3. The smallest absolute Gasteiger partial charge is 0.202 e. The van der Waals surface area contributed by atoms with Crippen molar-refractivity contribution in [1.29, 1.82) is 5.26 Å². The largest absolute Gasteiger partial charge is 0.361 e. The second kappa shape index (κ2) is 10.5. The number of rotatable bonds is 9. The van der Waals surface area contributed by atoms with Gasteiger partial charge in [0.2, 0.25) is 5.78 Å². The van der Waals surface area contributed by atoms with Crippen molar-refractivity contribution in [2.75, 3.05) is 6.61 Å². The van der Waals surface area contributed by atoms with Crippen LogP contribution in [0.15, 0.2) is 29.0 Å². The molecule has 0 atom stereocenters. The molecule has 2 aromatic rings. The average Bonchev–Trinajstić information content (AvgIpc) is 3.15. The first-order valence-electron chi connectivity index (χ1n) is 11.4. The van der Waals surface area contributed by atoms with Crippen LogP contribution in [-0.2, 0) is 17.9 Å². The third-order valence-corrected chi connectivity index (χ3v) is 8.09. The van der Waals surface area contributed by atoms with Crippen LogP contribution in [0.25, 0.3) is 5.57 Å². The van der Waals surface area contributed by atoms with E-state index in [2.05, 4.69) is 60.5 Å². The fourth-order valence-electron chi connectivity index (χ4n) is 3.76. The quantitative estimate of drug-likeness (QED) is 0.166. The van der Waals surface area contributed by atoms with Gasteiger partial charge >= 0.3 is 0 Å². The van der Waals surface area contributed by atoms with Crippen LogP contribution in [0.2, 0.25) is 25.7 Å². The lowest BCUT2D eigenvalue weighted by molar-refractivity contribution is 0.0799. The van der Waals surface area contributed by atoms with Crippen LogP contribution < -0.4 is 0 Å². The summed E-state index contributed by atoms with van der Waals surface area (Å²) in [5.41, 5.74) is 3.45. The third-order valence-electron chi connectivity index (χ3n) is 5.94. The number of ketones is 1. The highest BCUT2D eigenvalue weighted by atomic mass is 79.9. The van der Waals surface area contributed by atoms with Gasteiger partial charge in [-0.3, -0.25) is 4.79 Å². The van der Waals surface area contributed by atoms with E-state index >= 15 is 0 Å². The molecule has 176 valence electrons. The Labute approximate surface area is 206 Å². The normalized spacial score (nSPS) is 15.7. The molecule has 0 saturated heterocycles. The van der Waals surface area contributed by atoms with Gasteiger partial charge in [-0.05, 0) is 63.9 Å². The molecule has 0 amide bonds. The van der Waals surface area contributed by atoms with Gasteiger partial charge in [-0.2, -0.15) is 5.26 Å². The van der Waals surface area contributed by atoms with Crippen molar-refractivity contribution in [3.8, 4) is 6.07 Å². The second-order valence-corrected chi connectivity index (χ2v) is 17.2. The van der Waals surface area contributed by atoms with Crippen molar-refractivity contribution < 1.29 is 9.53 Å². The van der Waals surface area contributed by atoms with E-state index in [1.807, 2.05) is 18.2 Å². The summed E-state index contributed by atoms with van der Waals surface area (Å²) < 4.78 is 8.22. The number of pyridine rings is 1. The van der Waals surface area contributed by atoms with Crippen LogP contribution in [-0.4, -0.2) is 35.0 Å². The highest BCUT2D eigenvalue weighted by Crippen LogP contribution is 2.38. The lowest BCUT2D eigenvalue weighted by Gasteiger charge is -2.29.